The Balaban J connectivity index is 2.09. The number of nitrogens with two attached hydrogens (primary N) is 1. The quantitative estimate of drug-likeness (QED) is 0.758. The van der Waals surface area contributed by atoms with Crippen LogP contribution in [0.5, 0.6) is 0 Å². The van der Waals surface area contributed by atoms with Crippen molar-refractivity contribution >= 4 is 26.0 Å². The maximum absolute atomic E-state index is 12.4. The van der Waals surface area contributed by atoms with Crippen molar-refractivity contribution in [3.63, 3.8) is 0 Å². The van der Waals surface area contributed by atoms with E-state index >= 15 is 0 Å². The Morgan fingerprint density at radius 1 is 1.43 bits per heavy atom. The van der Waals surface area contributed by atoms with Crippen molar-refractivity contribution in [2.24, 2.45) is 5.73 Å². The summed E-state index contributed by atoms with van der Waals surface area (Å²) in [5.74, 6) is 0. The van der Waals surface area contributed by atoms with Crippen LogP contribution < -0.4 is 10.5 Å². The lowest BCUT2D eigenvalue weighted by molar-refractivity contribution is 0.329. The summed E-state index contributed by atoms with van der Waals surface area (Å²) in [4.78, 5) is 2.45. The monoisotopic (exact) mass is 375 g/mol. The summed E-state index contributed by atoms with van der Waals surface area (Å²) in [5, 5.41) is 0. The van der Waals surface area contributed by atoms with Crippen molar-refractivity contribution in [1.82, 2.24) is 9.62 Å². The minimum absolute atomic E-state index is 0.261. The van der Waals surface area contributed by atoms with E-state index in [1.807, 2.05) is 20.0 Å². The molecule has 0 amide bonds. The normalized spacial score (nSPS) is 15.7. The van der Waals surface area contributed by atoms with Gasteiger partial charge in [0.2, 0.25) is 10.0 Å². The molecule has 1 aliphatic rings. The molecule has 0 radical (unpaired) electrons. The maximum atomic E-state index is 12.4. The fourth-order valence-electron chi connectivity index (χ4n) is 2.25. The van der Waals surface area contributed by atoms with Crippen LogP contribution in [0, 0.1) is 6.92 Å². The highest BCUT2D eigenvalue weighted by molar-refractivity contribution is 9.10. The number of hydrogen-bond acceptors (Lipinski definition) is 4. The van der Waals surface area contributed by atoms with Gasteiger partial charge in [-0.2, -0.15) is 0 Å². The number of rotatable bonds is 7. The summed E-state index contributed by atoms with van der Waals surface area (Å²) in [7, 11) is -1.50. The van der Waals surface area contributed by atoms with Gasteiger partial charge < -0.3 is 10.6 Å². The van der Waals surface area contributed by atoms with E-state index < -0.39 is 10.0 Å². The fraction of sp³-hybridized carbons (Fsp3) is 0.571. The predicted octanol–water partition coefficient (Wildman–Crippen LogP) is 1.59. The van der Waals surface area contributed by atoms with E-state index in [2.05, 4.69) is 25.6 Å². The molecule has 0 bridgehead atoms. The molecule has 3 N–H and O–H groups in total. The average Bonchev–Trinajstić information content (AvgIpc) is 3.25. The van der Waals surface area contributed by atoms with Crippen LogP contribution in [-0.2, 0) is 16.6 Å². The largest absolute Gasteiger partial charge is 0.326 e. The van der Waals surface area contributed by atoms with Gasteiger partial charge in [0.1, 0.15) is 0 Å². The lowest BCUT2D eigenvalue weighted by atomic mass is 10.1. The third-order valence-electron chi connectivity index (χ3n) is 3.73. The molecule has 1 fully saturated rings. The first kappa shape index (κ1) is 16.9. The van der Waals surface area contributed by atoms with Crippen molar-refractivity contribution in [2.45, 2.75) is 37.2 Å². The summed E-state index contributed by atoms with van der Waals surface area (Å²) in [6.07, 6.45) is 2.43. The first-order valence-corrected chi connectivity index (χ1v) is 9.31. The maximum Gasteiger partial charge on any atom is 0.241 e. The van der Waals surface area contributed by atoms with Gasteiger partial charge >= 0.3 is 0 Å². The summed E-state index contributed by atoms with van der Waals surface area (Å²) < 4.78 is 28.1. The van der Waals surface area contributed by atoms with Crippen LogP contribution in [0.4, 0.5) is 0 Å². The molecule has 21 heavy (non-hydrogen) atoms. The van der Waals surface area contributed by atoms with E-state index in [0.29, 0.717) is 23.6 Å². The third-order valence-corrected chi connectivity index (χ3v) is 6.53. The second-order valence-electron chi connectivity index (χ2n) is 5.54. The third kappa shape index (κ3) is 4.26. The van der Waals surface area contributed by atoms with Crippen LogP contribution in [0.15, 0.2) is 21.5 Å². The molecule has 1 aromatic carbocycles. The summed E-state index contributed by atoms with van der Waals surface area (Å²) in [6.45, 7) is 3.31. The smallest absolute Gasteiger partial charge is 0.241 e. The molecule has 118 valence electrons. The Morgan fingerprint density at radius 2 is 2.10 bits per heavy atom. The van der Waals surface area contributed by atoms with Gasteiger partial charge in [-0.05, 0) is 59.9 Å². The highest BCUT2D eigenvalue weighted by Crippen LogP contribution is 2.27. The zero-order valence-electron chi connectivity index (χ0n) is 12.4. The molecule has 0 heterocycles. The zero-order valence-corrected chi connectivity index (χ0v) is 14.8. The molecule has 0 spiro atoms. The standard InChI is InChI=1S/C14H22BrN3O2S/c1-10-7-11(9-16)8-13(14(10)15)21(19,20)17-5-6-18(2)12-3-4-12/h7-8,12,17H,3-6,9,16H2,1-2H3. The van der Waals surface area contributed by atoms with Crippen LogP contribution in [-0.4, -0.2) is 39.5 Å². The molecule has 0 aromatic heterocycles. The van der Waals surface area contributed by atoms with Gasteiger partial charge in [-0.1, -0.05) is 6.07 Å². The van der Waals surface area contributed by atoms with E-state index in [4.69, 9.17) is 5.73 Å². The predicted molar refractivity (Wildman–Crippen MR) is 87.6 cm³/mol. The summed E-state index contributed by atoms with van der Waals surface area (Å²) in [6, 6.07) is 4.15. The Labute approximate surface area is 135 Å². The summed E-state index contributed by atoms with van der Waals surface area (Å²) in [5.41, 5.74) is 7.30. The molecule has 0 atom stereocenters. The first-order chi connectivity index (χ1) is 9.85. The molecule has 5 nitrogen and oxygen atoms in total. The van der Waals surface area contributed by atoms with Crippen LogP contribution >= 0.6 is 15.9 Å². The minimum atomic E-state index is -3.53. The minimum Gasteiger partial charge on any atom is -0.326 e. The fourth-order valence-corrected chi connectivity index (χ4v) is 4.34. The van der Waals surface area contributed by atoms with Crippen LogP contribution in [0.2, 0.25) is 0 Å². The van der Waals surface area contributed by atoms with E-state index in [1.54, 1.807) is 6.07 Å². The second kappa shape index (κ2) is 6.75. The van der Waals surface area contributed by atoms with Gasteiger partial charge in [0, 0.05) is 30.1 Å². The molecule has 0 aliphatic heterocycles. The number of nitrogens with zero attached hydrogens (tertiary/aromatic N) is 1. The zero-order chi connectivity index (χ0) is 15.6. The molecular weight excluding hydrogens is 354 g/mol. The van der Waals surface area contributed by atoms with Crippen molar-refractivity contribution in [3.05, 3.63) is 27.7 Å². The highest BCUT2D eigenvalue weighted by Gasteiger charge is 2.26. The van der Waals surface area contributed by atoms with E-state index in [9.17, 15) is 8.42 Å². The molecule has 0 saturated heterocycles. The molecule has 0 unspecified atom stereocenters. The number of nitrogens with one attached hydrogen (secondary N) is 1. The molecular formula is C14H22BrN3O2S. The Hall–Kier alpha value is -0.470. The number of sulfonamides is 1. The van der Waals surface area contributed by atoms with Crippen molar-refractivity contribution in [3.8, 4) is 0 Å². The first-order valence-electron chi connectivity index (χ1n) is 7.04. The number of benzene rings is 1. The number of likely N-dealkylation sites (N-methyl/N-ethyl adjacent to an activating group) is 1. The van der Waals surface area contributed by atoms with Crippen molar-refractivity contribution in [1.29, 1.82) is 0 Å². The lowest BCUT2D eigenvalue weighted by Crippen LogP contribution is -2.34. The van der Waals surface area contributed by atoms with E-state index in [1.165, 1.54) is 12.8 Å². The van der Waals surface area contributed by atoms with Crippen LogP contribution in [0.3, 0.4) is 0 Å². The molecule has 1 saturated carbocycles. The van der Waals surface area contributed by atoms with Gasteiger partial charge in [0.05, 0.1) is 4.90 Å². The van der Waals surface area contributed by atoms with Gasteiger partial charge in [-0.25, -0.2) is 13.1 Å². The molecule has 1 aromatic rings. The van der Waals surface area contributed by atoms with E-state index in [0.717, 1.165) is 17.7 Å². The topological polar surface area (TPSA) is 75.4 Å². The molecule has 7 heteroatoms. The van der Waals surface area contributed by atoms with Gasteiger partial charge in [0.25, 0.3) is 0 Å². The van der Waals surface area contributed by atoms with Crippen molar-refractivity contribution in [2.75, 3.05) is 20.1 Å². The molecule has 2 rings (SSSR count). The van der Waals surface area contributed by atoms with E-state index in [-0.39, 0.29) is 4.90 Å². The summed E-state index contributed by atoms with van der Waals surface area (Å²) >= 11 is 3.36. The Bertz CT molecular complexity index is 615. The lowest BCUT2D eigenvalue weighted by Gasteiger charge is -2.17. The Kier molecular flexibility index (Phi) is 5.43. The SMILES string of the molecule is Cc1cc(CN)cc(S(=O)(=O)NCCN(C)C2CC2)c1Br. The number of aryl methyl sites for hydroxylation is 1. The molecule has 1 aliphatic carbocycles. The average molecular weight is 376 g/mol. The van der Waals surface area contributed by atoms with Gasteiger partial charge in [-0.3, -0.25) is 0 Å². The number of halogens is 1. The Morgan fingerprint density at radius 3 is 2.67 bits per heavy atom. The van der Waals surface area contributed by atoms with Crippen LogP contribution in [0.25, 0.3) is 0 Å². The van der Waals surface area contributed by atoms with Gasteiger partial charge in [0.15, 0.2) is 0 Å². The number of hydrogen-bond donors (Lipinski definition) is 2. The van der Waals surface area contributed by atoms with Crippen molar-refractivity contribution < 1.29 is 8.42 Å². The highest BCUT2D eigenvalue weighted by atomic mass is 79.9. The van der Waals surface area contributed by atoms with Crippen LogP contribution in [0.1, 0.15) is 24.0 Å². The van der Waals surface area contributed by atoms with Gasteiger partial charge in [-0.15, -0.1) is 0 Å². The second-order valence-corrected chi connectivity index (χ2v) is 8.07.